The molecule has 0 bridgehead atoms. The lowest BCUT2D eigenvalue weighted by atomic mass is 10.0. The van der Waals surface area contributed by atoms with Crippen molar-refractivity contribution in [3.05, 3.63) is 112 Å². The zero-order chi connectivity index (χ0) is 25.4. The van der Waals surface area contributed by atoms with Gasteiger partial charge in [-0.3, -0.25) is 23.9 Å². The highest BCUT2D eigenvalue weighted by Crippen LogP contribution is 2.30. The third-order valence-electron chi connectivity index (χ3n) is 5.93. The van der Waals surface area contributed by atoms with Crippen LogP contribution in [0.2, 0.25) is 5.02 Å². The van der Waals surface area contributed by atoms with Crippen molar-refractivity contribution in [2.45, 2.75) is 13.1 Å². The number of nitrogens with zero attached hydrogens (tertiary/aromatic N) is 5. The van der Waals surface area contributed by atoms with Crippen LogP contribution in [0.4, 0.5) is 0 Å². The number of fused-ring (bicyclic) bond motifs is 1. The van der Waals surface area contributed by atoms with Crippen LogP contribution >= 0.6 is 11.6 Å². The van der Waals surface area contributed by atoms with Gasteiger partial charge in [0.25, 0.3) is 11.8 Å². The van der Waals surface area contributed by atoms with E-state index in [2.05, 4.69) is 10.2 Å². The van der Waals surface area contributed by atoms with Crippen LogP contribution in [0.1, 0.15) is 48.3 Å². The van der Waals surface area contributed by atoms with E-state index in [0.717, 1.165) is 4.90 Å². The molecule has 36 heavy (non-hydrogen) atoms. The third kappa shape index (κ3) is 4.10. The molecule has 0 radical (unpaired) electrons. The van der Waals surface area contributed by atoms with Crippen LogP contribution in [0, 0.1) is 0 Å². The summed E-state index contributed by atoms with van der Waals surface area (Å²) in [6.45, 7) is 0.291. The Hall–Kier alpha value is -4.14. The number of imide groups is 1. The smallest absolute Gasteiger partial charge is 0.261 e. The first kappa shape index (κ1) is 23.6. The molecule has 5 rings (SSSR count). The van der Waals surface area contributed by atoms with E-state index in [-0.39, 0.29) is 22.9 Å². The number of aromatic nitrogens is 3. The summed E-state index contributed by atoms with van der Waals surface area (Å²) in [5.41, 5.74) is 1.95. The average Bonchev–Trinajstić information content (AvgIpc) is 3.37. The van der Waals surface area contributed by atoms with Crippen LogP contribution in [0.15, 0.2) is 72.8 Å². The average molecular weight is 500 g/mol. The maximum Gasteiger partial charge on any atom is 0.261 e. The fourth-order valence-electron chi connectivity index (χ4n) is 4.30. The van der Waals surface area contributed by atoms with Crippen molar-refractivity contribution in [3.63, 3.8) is 0 Å². The number of hydrogen-bond donors (Lipinski definition) is 0. The molecule has 0 atom stereocenters. The second-order valence-corrected chi connectivity index (χ2v) is 9.08. The number of amides is 2. The first-order valence-electron chi connectivity index (χ1n) is 11.3. The van der Waals surface area contributed by atoms with E-state index in [9.17, 15) is 14.4 Å². The van der Waals surface area contributed by atoms with Crippen LogP contribution < -0.4 is 0 Å². The van der Waals surface area contributed by atoms with Gasteiger partial charge in [-0.2, -0.15) is 0 Å². The van der Waals surface area contributed by atoms with Gasteiger partial charge in [-0.25, -0.2) is 0 Å². The van der Waals surface area contributed by atoms with Crippen LogP contribution in [-0.4, -0.2) is 56.3 Å². The maximum atomic E-state index is 13.6. The van der Waals surface area contributed by atoms with Gasteiger partial charge in [0.2, 0.25) is 0 Å². The molecule has 1 aliphatic heterocycles. The molecular weight excluding hydrogens is 478 g/mol. The summed E-state index contributed by atoms with van der Waals surface area (Å²) in [5, 5.41) is 8.95. The van der Waals surface area contributed by atoms with Gasteiger partial charge < -0.3 is 4.90 Å². The number of rotatable bonds is 7. The van der Waals surface area contributed by atoms with Gasteiger partial charge in [0.15, 0.2) is 17.4 Å². The lowest BCUT2D eigenvalue weighted by Gasteiger charge is -2.19. The van der Waals surface area contributed by atoms with Gasteiger partial charge in [-0.1, -0.05) is 60.1 Å². The van der Waals surface area contributed by atoms with Crippen LogP contribution in [0.3, 0.4) is 0 Å². The SMILES string of the molecule is CN(C)Cc1nnc(CN2C(=O)c3ccccc3C2=O)n1-c1cccc(Cl)c1C(=O)c1ccccc1. The fraction of sp³-hybridized carbons (Fsp3) is 0.148. The van der Waals surface area contributed by atoms with Crippen molar-refractivity contribution in [2.24, 2.45) is 0 Å². The number of carbonyl (C=O) groups is 3. The number of hydrogen-bond acceptors (Lipinski definition) is 6. The van der Waals surface area contributed by atoms with Crippen molar-refractivity contribution >= 4 is 29.2 Å². The molecule has 0 fully saturated rings. The molecule has 0 aliphatic carbocycles. The van der Waals surface area contributed by atoms with Gasteiger partial charge in [0.05, 0.1) is 40.5 Å². The minimum absolute atomic E-state index is 0.113. The molecule has 0 saturated heterocycles. The predicted molar refractivity (Wildman–Crippen MR) is 134 cm³/mol. The highest BCUT2D eigenvalue weighted by Gasteiger charge is 2.36. The molecule has 0 spiro atoms. The van der Waals surface area contributed by atoms with Crippen LogP contribution in [-0.2, 0) is 13.1 Å². The quantitative estimate of drug-likeness (QED) is 0.282. The highest BCUT2D eigenvalue weighted by atomic mass is 35.5. The molecule has 0 N–H and O–H groups in total. The number of benzene rings is 3. The minimum atomic E-state index is -0.397. The van der Waals surface area contributed by atoms with Crippen molar-refractivity contribution in [2.75, 3.05) is 14.1 Å². The van der Waals surface area contributed by atoms with Gasteiger partial charge >= 0.3 is 0 Å². The number of carbonyl (C=O) groups excluding carboxylic acids is 3. The number of ketones is 1. The first-order valence-corrected chi connectivity index (χ1v) is 11.7. The zero-order valence-electron chi connectivity index (χ0n) is 19.7. The normalized spacial score (nSPS) is 12.9. The second-order valence-electron chi connectivity index (χ2n) is 8.68. The molecule has 8 nitrogen and oxygen atoms in total. The summed E-state index contributed by atoms with van der Waals surface area (Å²) in [7, 11) is 3.77. The Morgan fingerprint density at radius 1 is 0.833 bits per heavy atom. The minimum Gasteiger partial charge on any atom is -0.302 e. The summed E-state index contributed by atoms with van der Waals surface area (Å²) in [5.74, 6) is -0.175. The summed E-state index contributed by atoms with van der Waals surface area (Å²) < 4.78 is 1.71. The van der Waals surface area contributed by atoms with E-state index >= 15 is 0 Å². The molecule has 4 aromatic rings. The Morgan fingerprint density at radius 3 is 2.08 bits per heavy atom. The molecule has 2 amide bonds. The Kier molecular flexibility index (Phi) is 6.22. The molecule has 1 aromatic heterocycles. The Balaban J connectivity index is 1.63. The fourth-order valence-corrected chi connectivity index (χ4v) is 4.56. The molecule has 0 saturated carbocycles. The van der Waals surface area contributed by atoms with E-state index in [4.69, 9.17) is 11.6 Å². The highest BCUT2D eigenvalue weighted by molar-refractivity contribution is 6.35. The predicted octanol–water partition coefficient (Wildman–Crippen LogP) is 4.01. The summed E-state index contributed by atoms with van der Waals surface area (Å²) in [6, 6.07) is 20.7. The monoisotopic (exact) mass is 499 g/mol. The zero-order valence-corrected chi connectivity index (χ0v) is 20.4. The Bertz CT molecular complexity index is 1460. The third-order valence-corrected chi connectivity index (χ3v) is 6.24. The van der Waals surface area contributed by atoms with Gasteiger partial charge in [0.1, 0.15) is 0 Å². The van der Waals surface area contributed by atoms with Crippen LogP contribution in [0.5, 0.6) is 0 Å². The maximum absolute atomic E-state index is 13.6. The van der Waals surface area contributed by atoms with Gasteiger partial charge in [-0.15, -0.1) is 10.2 Å². The van der Waals surface area contributed by atoms with E-state index in [1.165, 1.54) is 0 Å². The summed E-state index contributed by atoms with van der Waals surface area (Å²) in [4.78, 5) is 42.7. The van der Waals surface area contributed by atoms with Crippen LogP contribution in [0.25, 0.3) is 5.69 Å². The van der Waals surface area contributed by atoms with Crippen molar-refractivity contribution < 1.29 is 14.4 Å². The molecule has 180 valence electrons. The van der Waals surface area contributed by atoms with E-state index in [0.29, 0.717) is 40.6 Å². The molecule has 0 unspecified atom stereocenters. The van der Waals surface area contributed by atoms with Gasteiger partial charge in [-0.05, 0) is 38.4 Å². The number of halogens is 1. The van der Waals surface area contributed by atoms with Gasteiger partial charge in [0, 0.05) is 5.56 Å². The molecule has 2 heterocycles. The largest absolute Gasteiger partial charge is 0.302 e. The topological polar surface area (TPSA) is 88.4 Å². The van der Waals surface area contributed by atoms with Crippen molar-refractivity contribution in [1.29, 1.82) is 0 Å². The molecule has 3 aromatic carbocycles. The van der Waals surface area contributed by atoms with E-state index < -0.39 is 11.8 Å². The standard InChI is InChI=1S/C27H22ClN5O3/c1-31(2)15-22-29-30-23(16-32-26(35)18-11-6-7-12-19(18)27(32)36)33(22)21-14-8-13-20(28)24(21)25(34)17-9-4-3-5-10-17/h3-14H,15-16H2,1-2H3. The molecule has 1 aliphatic rings. The summed E-state index contributed by atoms with van der Waals surface area (Å²) >= 11 is 6.57. The Morgan fingerprint density at radius 2 is 1.44 bits per heavy atom. The van der Waals surface area contributed by atoms with Crippen molar-refractivity contribution in [1.82, 2.24) is 24.6 Å². The van der Waals surface area contributed by atoms with E-state index in [1.54, 1.807) is 71.3 Å². The first-order chi connectivity index (χ1) is 17.4. The lowest BCUT2D eigenvalue weighted by Crippen LogP contribution is -2.31. The van der Waals surface area contributed by atoms with Crippen molar-refractivity contribution in [3.8, 4) is 5.69 Å². The lowest BCUT2D eigenvalue weighted by molar-refractivity contribution is 0.0637. The summed E-state index contributed by atoms with van der Waals surface area (Å²) in [6.07, 6.45) is 0. The Labute approximate surface area is 212 Å². The molecule has 9 heteroatoms. The second kappa shape index (κ2) is 9.49. The molecular formula is C27H22ClN5O3. The van der Waals surface area contributed by atoms with E-state index in [1.807, 2.05) is 25.1 Å².